The fraction of sp³-hybridized carbons (Fsp3) is 0.500. The Labute approximate surface area is 133 Å². The van der Waals surface area contributed by atoms with E-state index in [0.29, 0.717) is 0 Å². The molecule has 1 N–H and O–H groups in total. The molecule has 4 rings (SSSR count). The Morgan fingerprint density at radius 1 is 1.36 bits per heavy atom. The Balaban J connectivity index is 1.48. The second kappa shape index (κ2) is 5.85. The third-order valence-electron chi connectivity index (χ3n) is 4.54. The summed E-state index contributed by atoms with van der Waals surface area (Å²) in [7, 11) is 0. The minimum atomic E-state index is -0.0208. The highest BCUT2D eigenvalue weighted by atomic mass is 32.1. The topological polar surface area (TPSA) is 54.5 Å². The summed E-state index contributed by atoms with van der Waals surface area (Å²) in [6.07, 6.45) is 4.50. The van der Waals surface area contributed by atoms with Crippen LogP contribution >= 0.6 is 11.3 Å². The monoisotopic (exact) mass is 317 g/mol. The lowest BCUT2D eigenvalue weighted by Gasteiger charge is -2.29. The van der Waals surface area contributed by atoms with Crippen molar-refractivity contribution in [2.24, 2.45) is 0 Å². The molecule has 2 fully saturated rings. The number of nitrogens with zero attached hydrogens (tertiary/aromatic N) is 2. The van der Waals surface area contributed by atoms with E-state index in [9.17, 15) is 4.79 Å². The summed E-state index contributed by atoms with van der Waals surface area (Å²) in [4.78, 5) is 18.8. The quantitative estimate of drug-likeness (QED) is 0.922. The zero-order chi connectivity index (χ0) is 14.9. The number of anilines is 1. The summed E-state index contributed by atoms with van der Waals surface area (Å²) in [5.41, 5.74) is 3.56. The van der Waals surface area contributed by atoms with Gasteiger partial charge in [-0.3, -0.25) is 0 Å². The van der Waals surface area contributed by atoms with E-state index in [1.807, 2.05) is 28.6 Å². The summed E-state index contributed by atoms with van der Waals surface area (Å²) in [5.74, 6) is 0. The first kappa shape index (κ1) is 14.0. The highest BCUT2D eigenvalue weighted by Gasteiger charge is 2.36. The van der Waals surface area contributed by atoms with E-state index in [4.69, 9.17) is 4.74 Å². The summed E-state index contributed by atoms with van der Waals surface area (Å²) in [6.45, 7) is 1.65. The Hall–Kier alpha value is -1.66. The summed E-state index contributed by atoms with van der Waals surface area (Å²) in [6, 6.07) is 6.08. The number of ether oxygens (including phenoxy) is 1. The number of hydrogen-bond acceptors (Lipinski definition) is 4. The molecule has 5 nitrogen and oxygen atoms in total. The first-order valence-electron chi connectivity index (χ1n) is 7.84. The molecule has 2 aromatic rings. The van der Waals surface area contributed by atoms with E-state index in [-0.39, 0.29) is 18.2 Å². The maximum absolute atomic E-state index is 12.6. The Kier molecular flexibility index (Phi) is 3.72. The number of nitrogens with one attached hydrogen (secondary N) is 1. The number of fused-ring (bicyclic) bond motifs is 1. The van der Waals surface area contributed by atoms with Gasteiger partial charge in [-0.1, -0.05) is 0 Å². The first-order chi connectivity index (χ1) is 10.8. The van der Waals surface area contributed by atoms with Gasteiger partial charge in [0.1, 0.15) is 0 Å². The number of carbonyl (C=O) groups excluding carboxylic acids is 1. The predicted molar refractivity (Wildman–Crippen MR) is 87.3 cm³/mol. The number of hydrogen-bond donors (Lipinski definition) is 1. The lowest BCUT2D eigenvalue weighted by Crippen LogP contribution is -2.44. The number of rotatable bonds is 2. The number of carbonyl (C=O) groups is 1. The Morgan fingerprint density at radius 3 is 3.18 bits per heavy atom. The zero-order valence-corrected chi connectivity index (χ0v) is 13.1. The molecular formula is C16H19N3O2S. The smallest absolute Gasteiger partial charge is 0.322 e. The van der Waals surface area contributed by atoms with E-state index >= 15 is 0 Å². The number of benzene rings is 1. The van der Waals surface area contributed by atoms with Crippen LogP contribution in [0.3, 0.4) is 0 Å². The number of thiazole rings is 1. The second-order valence-corrected chi connectivity index (χ2v) is 6.81. The number of likely N-dealkylation sites (tertiary alicyclic amines) is 1. The van der Waals surface area contributed by atoms with Crippen LogP contribution in [-0.2, 0) is 4.74 Å². The van der Waals surface area contributed by atoms with Gasteiger partial charge in [0.2, 0.25) is 0 Å². The molecule has 0 aliphatic carbocycles. The number of amides is 2. The van der Waals surface area contributed by atoms with Gasteiger partial charge in [0.05, 0.1) is 27.9 Å². The van der Waals surface area contributed by atoms with E-state index in [1.165, 1.54) is 0 Å². The maximum atomic E-state index is 12.6. The van der Waals surface area contributed by atoms with Gasteiger partial charge < -0.3 is 15.0 Å². The third kappa shape index (κ3) is 2.57. The average molecular weight is 317 g/mol. The van der Waals surface area contributed by atoms with Crippen LogP contribution in [0.1, 0.15) is 25.7 Å². The lowest BCUT2D eigenvalue weighted by molar-refractivity contribution is 0.0543. The molecular weight excluding hydrogens is 298 g/mol. The fourth-order valence-electron chi connectivity index (χ4n) is 3.47. The van der Waals surface area contributed by atoms with Gasteiger partial charge in [-0.15, -0.1) is 11.3 Å². The van der Waals surface area contributed by atoms with Crippen molar-refractivity contribution < 1.29 is 9.53 Å². The van der Waals surface area contributed by atoms with Crippen LogP contribution in [0.4, 0.5) is 10.5 Å². The molecule has 2 atom stereocenters. The average Bonchev–Trinajstić information content (AvgIpc) is 3.26. The molecule has 1 aromatic heterocycles. The molecule has 0 spiro atoms. The minimum absolute atomic E-state index is 0.0208. The van der Waals surface area contributed by atoms with Crippen molar-refractivity contribution in [2.75, 3.05) is 18.5 Å². The molecule has 2 amide bonds. The van der Waals surface area contributed by atoms with E-state index in [2.05, 4.69) is 10.3 Å². The molecule has 6 heteroatoms. The first-order valence-corrected chi connectivity index (χ1v) is 8.72. The van der Waals surface area contributed by atoms with Crippen LogP contribution in [0.15, 0.2) is 23.7 Å². The highest BCUT2D eigenvalue weighted by molar-refractivity contribution is 7.16. The molecule has 2 aliphatic heterocycles. The van der Waals surface area contributed by atoms with Crippen molar-refractivity contribution in [3.05, 3.63) is 23.7 Å². The van der Waals surface area contributed by atoms with Gasteiger partial charge in [-0.25, -0.2) is 9.78 Å². The van der Waals surface area contributed by atoms with Gasteiger partial charge in [-0.2, -0.15) is 0 Å². The minimum Gasteiger partial charge on any atom is -0.376 e. The molecule has 0 radical (unpaired) electrons. The Bertz CT molecular complexity index is 681. The van der Waals surface area contributed by atoms with E-state index < -0.39 is 0 Å². The van der Waals surface area contributed by atoms with Crippen molar-refractivity contribution in [2.45, 2.75) is 37.8 Å². The molecule has 0 unspecified atom stereocenters. The molecule has 2 saturated heterocycles. The lowest BCUT2D eigenvalue weighted by atomic mass is 10.1. The van der Waals surface area contributed by atoms with Crippen LogP contribution in [0.25, 0.3) is 10.2 Å². The fourth-order valence-corrected chi connectivity index (χ4v) is 4.13. The van der Waals surface area contributed by atoms with Crippen molar-refractivity contribution in [1.82, 2.24) is 9.88 Å². The normalized spacial score (nSPS) is 25.0. The summed E-state index contributed by atoms with van der Waals surface area (Å²) < 4.78 is 6.92. The zero-order valence-electron chi connectivity index (χ0n) is 12.3. The van der Waals surface area contributed by atoms with Crippen LogP contribution < -0.4 is 5.32 Å². The van der Waals surface area contributed by atoms with Crippen molar-refractivity contribution in [3.8, 4) is 0 Å². The highest BCUT2D eigenvalue weighted by Crippen LogP contribution is 2.29. The number of urea groups is 1. The summed E-state index contributed by atoms with van der Waals surface area (Å²) >= 11 is 1.61. The maximum Gasteiger partial charge on any atom is 0.322 e. The molecule has 116 valence electrons. The van der Waals surface area contributed by atoms with Gasteiger partial charge in [0, 0.05) is 18.8 Å². The van der Waals surface area contributed by atoms with E-state index in [1.54, 1.807) is 11.3 Å². The molecule has 0 bridgehead atoms. The van der Waals surface area contributed by atoms with Crippen molar-refractivity contribution in [3.63, 3.8) is 0 Å². The molecule has 1 aromatic carbocycles. The molecule has 0 saturated carbocycles. The predicted octanol–water partition coefficient (Wildman–Crippen LogP) is 3.47. The van der Waals surface area contributed by atoms with Gasteiger partial charge in [-0.05, 0) is 43.9 Å². The third-order valence-corrected chi connectivity index (χ3v) is 5.35. The largest absolute Gasteiger partial charge is 0.376 e. The van der Waals surface area contributed by atoms with Crippen molar-refractivity contribution >= 4 is 33.3 Å². The molecule has 3 heterocycles. The molecule has 22 heavy (non-hydrogen) atoms. The SMILES string of the molecule is O=C(Nc1ccc2scnc2c1)N1CCC[C@H]1[C@H]1CCCO1. The van der Waals surface area contributed by atoms with Crippen LogP contribution in [0.5, 0.6) is 0 Å². The van der Waals surface area contributed by atoms with Gasteiger partial charge >= 0.3 is 6.03 Å². The van der Waals surface area contributed by atoms with Crippen LogP contribution in [0.2, 0.25) is 0 Å². The van der Waals surface area contributed by atoms with Crippen molar-refractivity contribution in [1.29, 1.82) is 0 Å². The standard InChI is InChI=1S/C16H19N3O2S/c20-16(18-11-5-6-15-12(9-11)17-10-22-15)19-7-1-3-13(19)14-4-2-8-21-14/h5-6,9-10,13-14H,1-4,7-8H2,(H,18,20)/t13-,14+/m0/s1. The van der Waals surface area contributed by atoms with Gasteiger partial charge in [0.15, 0.2) is 0 Å². The Morgan fingerprint density at radius 2 is 2.32 bits per heavy atom. The molecule has 2 aliphatic rings. The summed E-state index contributed by atoms with van der Waals surface area (Å²) in [5, 5.41) is 3.02. The number of aromatic nitrogens is 1. The van der Waals surface area contributed by atoms with E-state index in [0.717, 1.165) is 54.7 Å². The second-order valence-electron chi connectivity index (χ2n) is 5.92. The van der Waals surface area contributed by atoms with Crippen LogP contribution in [0, 0.1) is 0 Å². The van der Waals surface area contributed by atoms with Crippen LogP contribution in [-0.4, -0.2) is 41.2 Å². The van der Waals surface area contributed by atoms with Gasteiger partial charge in [0.25, 0.3) is 0 Å².